The third-order valence-corrected chi connectivity index (χ3v) is 9.19. The third-order valence-electron chi connectivity index (χ3n) is 9.19. The summed E-state index contributed by atoms with van der Waals surface area (Å²) >= 11 is 0. The Morgan fingerprint density at radius 1 is 1.07 bits per heavy atom. The number of benzene rings is 1. The van der Waals surface area contributed by atoms with Crippen LogP contribution in [0.4, 0.5) is 0 Å². The van der Waals surface area contributed by atoms with Crippen LogP contribution in [0, 0.1) is 17.8 Å². The van der Waals surface area contributed by atoms with Crippen molar-refractivity contribution in [3.8, 4) is 0 Å². The Labute approximate surface area is 247 Å². The van der Waals surface area contributed by atoms with Crippen molar-refractivity contribution in [1.82, 2.24) is 10.2 Å². The standard InChI is InChI=1S/C33H44N2O7/c1-22(15-26(36)19-35-11-13-40-14-12-35)32(39)34-28(17-25-20-41-30-10-6-5-9-27(25)30)29(37)18-24(16-23-7-3-4-8-23)31(38)33(2)21-42-33/h5-6,9-10,20,22-24,28H,3-4,7-8,11-19,21H2,1-2H3,(H,34,39)/t22-,24-,28+,33-/m1/s1. The van der Waals surface area contributed by atoms with Crippen molar-refractivity contribution >= 4 is 34.2 Å². The van der Waals surface area contributed by atoms with E-state index in [-0.39, 0.29) is 49.1 Å². The molecule has 0 unspecified atom stereocenters. The van der Waals surface area contributed by atoms with Crippen LogP contribution in [0.1, 0.15) is 64.4 Å². The number of fused-ring (bicyclic) bond motifs is 1. The Morgan fingerprint density at radius 2 is 1.79 bits per heavy atom. The molecule has 2 saturated heterocycles. The number of epoxide rings is 1. The van der Waals surface area contributed by atoms with Crippen molar-refractivity contribution in [2.75, 3.05) is 39.5 Å². The average molecular weight is 581 g/mol. The molecule has 1 aliphatic carbocycles. The van der Waals surface area contributed by atoms with Crippen molar-refractivity contribution in [1.29, 1.82) is 0 Å². The number of carbonyl (C=O) groups excluding carboxylic acids is 4. The van der Waals surface area contributed by atoms with E-state index in [0.29, 0.717) is 50.8 Å². The zero-order valence-electron chi connectivity index (χ0n) is 24.9. The van der Waals surface area contributed by atoms with Crippen LogP contribution < -0.4 is 5.32 Å². The van der Waals surface area contributed by atoms with E-state index < -0.39 is 23.5 Å². The third kappa shape index (κ3) is 7.74. The van der Waals surface area contributed by atoms with Crippen LogP contribution in [0.3, 0.4) is 0 Å². The number of hydrogen-bond acceptors (Lipinski definition) is 8. The highest BCUT2D eigenvalue weighted by Gasteiger charge is 2.50. The smallest absolute Gasteiger partial charge is 0.223 e. The molecule has 4 atom stereocenters. The number of amides is 1. The second kappa shape index (κ2) is 13.6. The van der Waals surface area contributed by atoms with Crippen LogP contribution in [0.15, 0.2) is 34.9 Å². The molecule has 9 nitrogen and oxygen atoms in total. The summed E-state index contributed by atoms with van der Waals surface area (Å²) in [5.74, 6) is -1.15. The second-order valence-corrected chi connectivity index (χ2v) is 12.7. The van der Waals surface area contributed by atoms with Crippen LogP contribution in [0.5, 0.6) is 0 Å². The van der Waals surface area contributed by atoms with E-state index in [2.05, 4.69) is 5.32 Å². The number of nitrogens with one attached hydrogen (secondary N) is 1. The van der Waals surface area contributed by atoms with Crippen LogP contribution in [0.25, 0.3) is 11.0 Å². The molecular formula is C33H44N2O7. The van der Waals surface area contributed by atoms with Crippen LogP contribution in [-0.2, 0) is 35.1 Å². The first-order valence-corrected chi connectivity index (χ1v) is 15.5. The Balaban J connectivity index is 1.29. The van der Waals surface area contributed by atoms with E-state index in [1.165, 1.54) is 0 Å². The van der Waals surface area contributed by atoms with Gasteiger partial charge < -0.3 is 19.2 Å². The molecule has 3 heterocycles. The molecule has 1 aromatic carbocycles. The molecule has 9 heteroatoms. The molecule has 5 rings (SSSR count). The lowest BCUT2D eigenvalue weighted by atomic mass is 9.81. The molecule has 1 N–H and O–H groups in total. The molecule has 0 radical (unpaired) electrons. The lowest BCUT2D eigenvalue weighted by molar-refractivity contribution is -0.134. The maximum Gasteiger partial charge on any atom is 0.223 e. The van der Waals surface area contributed by atoms with Gasteiger partial charge in [-0.2, -0.15) is 0 Å². The molecular weight excluding hydrogens is 536 g/mol. The average Bonchev–Trinajstić information content (AvgIpc) is 3.33. The van der Waals surface area contributed by atoms with Gasteiger partial charge in [0.2, 0.25) is 5.91 Å². The van der Waals surface area contributed by atoms with Gasteiger partial charge in [0.15, 0.2) is 11.6 Å². The van der Waals surface area contributed by atoms with Gasteiger partial charge >= 0.3 is 0 Å². The molecule has 3 fully saturated rings. The molecule has 1 amide bonds. The van der Waals surface area contributed by atoms with Gasteiger partial charge in [-0.05, 0) is 25.3 Å². The van der Waals surface area contributed by atoms with Gasteiger partial charge in [0.1, 0.15) is 17.0 Å². The number of ketones is 3. The van der Waals surface area contributed by atoms with Gasteiger partial charge in [0.05, 0.1) is 38.7 Å². The largest absolute Gasteiger partial charge is 0.464 e. The molecule has 2 aromatic rings. The van der Waals surface area contributed by atoms with E-state index in [9.17, 15) is 19.2 Å². The minimum absolute atomic E-state index is 0.0105. The summed E-state index contributed by atoms with van der Waals surface area (Å²) in [4.78, 5) is 55.6. The summed E-state index contributed by atoms with van der Waals surface area (Å²) in [6.07, 6.45) is 7.16. The number of hydrogen-bond donors (Lipinski definition) is 1. The molecule has 0 spiro atoms. The molecule has 0 bridgehead atoms. The van der Waals surface area contributed by atoms with Crippen molar-refractivity contribution < 1.29 is 33.1 Å². The van der Waals surface area contributed by atoms with Crippen LogP contribution in [-0.4, -0.2) is 79.3 Å². The summed E-state index contributed by atoms with van der Waals surface area (Å²) in [5, 5.41) is 3.85. The number of nitrogens with zero attached hydrogens (tertiary/aromatic N) is 1. The monoisotopic (exact) mass is 580 g/mol. The Hall–Kier alpha value is -2.88. The van der Waals surface area contributed by atoms with Crippen molar-refractivity contribution in [3.63, 3.8) is 0 Å². The fraction of sp³-hybridized carbons (Fsp3) is 0.636. The Morgan fingerprint density at radius 3 is 2.50 bits per heavy atom. The highest BCUT2D eigenvalue weighted by Crippen LogP contribution is 2.37. The van der Waals surface area contributed by atoms with Crippen LogP contribution in [0.2, 0.25) is 0 Å². The minimum atomic E-state index is -0.845. The van der Waals surface area contributed by atoms with Gasteiger partial charge in [0.25, 0.3) is 0 Å². The number of morpholine rings is 1. The fourth-order valence-corrected chi connectivity index (χ4v) is 6.48. The first-order chi connectivity index (χ1) is 20.2. The maximum atomic E-state index is 14.0. The van der Waals surface area contributed by atoms with E-state index in [1.807, 2.05) is 29.2 Å². The number of furan rings is 1. The van der Waals surface area contributed by atoms with Crippen molar-refractivity contribution in [2.24, 2.45) is 17.8 Å². The number of para-hydroxylation sites is 1. The number of ether oxygens (including phenoxy) is 2. The Bertz CT molecular complexity index is 1270. The van der Waals surface area contributed by atoms with Crippen molar-refractivity contribution in [2.45, 2.75) is 76.9 Å². The van der Waals surface area contributed by atoms with E-state index in [1.54, 1.807) is 20.1 Å². The van der Waals surface area contributed by atoms with Gasteiger partial charge in [-0.1, -0.05) is 50.8 Å². The maximum absolute atomic E-state index is 14.0. The summed E-state index contributed by atoms with van der Waals surface area (Å²) in [6.45, 7) is 6.80. The highest BCUT2D eigenvalue weighted by molar-refractivity contribution is 5.97. The van der Waals surface area contributed by atoms with Gasteiger partial charge in [-0.15, -0.1) is 0 Å². The van der Waals surface area contributed by atoms with Gasteiger partial charge in [-0.3, -0.25) is 24.1 Å². The summed E-state index contributed by atoms with van der Waals surface area (Å²) in [6, 6.07) is 6.74. The fourth-order valence-electron chi connectivity index (χ4n) is 6.48. The van der Waals surface area contributed by atoms with E-state index >= 15 is 0 Å². The topological polar surface area (TPSA) is 118 Å². The first-order valence-electron chi connectivity index (χ1n) is 15.5. The molecule has 228 valence electrons. The summed E-state index contributed by atoms with van der Waals surface area (Å²) < 4.78 is 16.5. The number of Topliss-reactive ketones (excluding diaryl/α,β-unsaturated/α-hetero) is 3. The highest BCUT2D eigenvalue weighted by atomic mass is 16.6. The molecule has 2 aliphatic heterocycles. The van der Waals surface area contributed by atoms with Gasteiger partial charge in [-0.25, -0.2) is 0 Å². The normalized spacial score (nSPS) is 23.4. The molecule has 1 aromatic heterocycles. The molecule has 3 aliphatic rings. The minimum Gasteiger partial charge on any atom is -0.464 e. The predicted octanol–water partition coefficient (Wildman–Crippen LogP) is 3.90. The summed E-state index contributed by atoms with van der Waals surface area (Å²) in [7, 11) is 0. The van der Waals surface area contributed by atoms with Gasteiger partial charge in [0, 0.05) is 55.1 Å². The first kappa shape index (κ1) is 30.6. The zero-order chi connectivity index (χ0) is 29.7. The summed E-state index contributed by atoms with van der Waals surface area (Å²) in [5.41, 5.74) is 0.718. The van der Waals surface area contributed by atoms with E-state index in [4.69, 9.17) is 13.9 Å². The quantitative estimate of drug-likeness (QED) is 0.315. The molecule has 42 heavy (non-hydrogen) atoms. The molecule has 1 saturated carbocycles. The zero-order valence-corrected chi connectivity index (χ0v) is 24.9. The van der Waals surface area contributed by atoms with E-state index in [0.717, 1.165) is 36.6 Å². The van der Waals surface area contributed by atoms with Crippen molar-refractivity contribution in [3.05, 3.63) is 36.1 Å². The SMILES string of the molecule is C[C@H](CC(=O)CN1CCOCC1)C(=O)N[C@@H](Cc1coc2ccccc12)C(=O)C[C@@H](CC1CCCC1)C(=O)[C@@]1(C)CO1. The predicted molar refractivity (Wildman–Crippen MR) is 157 cm³/mol. The lowest BCUT2D eigenvalue weighted by Gasteiger charge is -2.26. The number of rotatable bonds is 15. The second-order valence-electron chi connectivity index (χ2n) is 12.7. The van der Waals surface area contributed by atoms with Crippen LogP contribution >= 0.6 is 0 Å². The Kier molecular flexibility index (Phi) is 9.91. The lowest BCUT2D eigenvalue weighted by Crippen LogP contribution is -2.46. The number of carbonyl (C=O) groups is 4.